The molecule has 0 unspecified atom stereocenters. The van der Waals surface area contributed by atoms with Gasteiger partial charge < -0.3 is 9.64 Å². The molecular weight excluding hydrogens is 244 g/mol. The molecule has 0 N–H and O–H groups in total. The van der Waals surface area contributed by atoms with E-state index in [1.165, 1.54) is 4.90 Å². The summed E-state index contributed by atoms with van der Waals surface area (Å²) in [7, 11) is 0. The molecule has 0 aliphatic carbocycles. The normalized spacial score (nSPS) is 21.7. The van der Waals surface area contributed by atoms with Crippen LogP contribution in [0.25, 0.3) is 0 Å². The molecule has 1 amide bonds. The molecule has 1 aromatic carbocycles. The Labute approximate surface area is 101 Å². The summed E-state index contributed by atoms with van der Waals surface area (Å²) in [6, 6.07) is 0.527. The number of benzene rings is 1. The molecule has 0 saturated heterocycles. The standard InChI is InChI=1S/C12H9F2NO3/c1-5-4-18-12-10(14)7(13)2-6-8(16)3-9(17)15(5)11(6)12/h2,5H,3-4H2,1H3/t5-/m0/s1. The number of rotatable bonds is 0. The summed E-state index contributed by atoms with van der Waals surface area (Å²) in [6.07, 6.45) is -0.318. The number of Topliss-reactive ketones (excluding diaryl/α,β-unsaturated/α-hetero) is 1. The molecular formula is C12H9F2NO3. The van der Waals surface area contributed by atoms with Crippen LogP contribution in [0.15, 0.2) is 6.07 Å². The lowest BCUT2D eigenvalue weighted by Gasteiger charge is -2.38. The van der Waals surface area contributed by atoms with Crippen molar-refractivity contribution >= 4 is 17.4 Å². The first-order valence-corrected chi connectivity index (χ1v) is 5.50. The molecule has 18 heavy (non-hydrogen) atoms. The average molecular weight is 253 g/mol. The van der Waals surface area contributed by atoms with Gasteiger partial charge in [-0.25, -0.2) is 4.39 Å². The maximum atomic E-state index is 13.6. The lowest BCUT2D eigenvalue weighted by atomic mass is 9.96. The van der Waals surface area contributed by atoms with Gasteiger partial charge >= 0.3 is 0 Å². The Hall–Kier alpha value is -1.98. The monoisotopic (exact) mass is 253 g/mol. The molecule has 0 saturated carbocycles. The molecule has 2 aliphatic rings. The van der Waals surface area contributed by atoms with E-state index in [2.05, 4.69) is 0 Å². The lowest BCUT2D eigenvalue weighted by molar-refractivity contribution is -0.118. The van der Waals surface area contributed by atoms with E-state index < -0.39 is 23.3 Å². The summed E-state index contributed by atoms with van der Waals surface area (Å²) in [5.41, 5.74) is 0.0731. The van der Waals surface area contributed by atoms with Gasteiger partial charge in [-0.3, -0.25) is 9.59 Å². The third-order valence-electron chi connectivity index (χ3n) is 3.18. The van der Waals surface area contributed by atoms with Gasteiger partial charge in [0.05, 0.1) is 12.5 Å². The fraction of sp³-hybridized carbons (Fsp3) is 0.333. The van der Waals surface area contributed by atoms with Crippen LogP contribution in [0.2, 0.25) is 0 Å². The molecule has 3 rings (SSSR count). The third kappa shape index (κ3) is 1.28. The Morgan fingerprint density at radius 2 is 2.11 bits per heavy atom. The van der Waals surface area contributed by atoms with E-state index in [4.69, 9.17) is 4.74 Å². The van der Waals surface area contributed by atoms with Crippen molar-refractivity contribution in [3.63, 3.8) is 0 Å². The molecule has 6 heteroatoms. The van der Waals surface area contributed by atoms with Crippen molar-refractivity contribution in [3.8, 4) is 5.75 Å². The van der Waals surface area contributed by atoms with Crippen molar-refractivity contribution < 1.29 is 23.1 Å². The molecule has 1 atom stereocenters. The molecule has 94 valence electrons. The average Bonchev–Trinajstić information content (AvgIpc) is 2.31. The Kier molecular flexibility index (Phi) is 2.17. The second-order valence-electron chi connectivity index (χ2n) is 4.42. The van der Waals surface area contributed by atoms with Crippen molar-refractivity contribution in [2.24, 2.45) is 0 Å². The summed E-state index contributed by atoms with van der Waals surface area (Å²) >= 11 is 0. The number of amides is 1. The minimum atomic E-state index is -1.16. The highest BCUT2D eigenvalue weighted by atomic mass is 19.2. The van der Waals surface area contributed by atoms with E-state index in [9.17, 15) is 18.4 Å². The Morgan fingerprint density at radius 1 is 1.39 bits per heavy atom. The maximum Gasteiger partial charge on any atom is 0.235 e. The molecule has 0 spiro atoms. The van der Waals surface area contributed by atoms with Crippen molar-refractivity contribution in [1.82, 2.24) is 0 Å². The zero-order valence-electron chi connectivity index (χ0n) is 9.50. The quantitative estimate of drug-likeness (QED) is 0.661. The number of carbonyl (C=O) groups excluding carboxylic acids is 2. The van der Waals surface area contributed by atoms with E-state index in [1.807, 2.05) is 0 Å². The fourth-order valence-corrected chi connectivity index (χ4v) is 2.36. The lowest BCUT2D eigenvalue weighted by Crippen LogP contribution is -2.49. The van der Waals surface area contributed by atoms with E-state index in [0.717, 1.165) is 6.07 Å². The smallest absolute Gasteiger partial charge is 0.235 e. The van der Waals surface area contributed by atoms with E-state index in [1.54, 1.807) is 6.92 Å². The predicted octanol–water partition coefficient (Wildman–Crippen LogP) is 1.67. The molecule has 0 fully saturated rings. The largest absolute Gasteiger partial charge is 0.486 e. The summed E-state index contributed by atoms with van der Waals surface area (Å²) in [5, 5.41) is 0. The van der Waals surface area contributed by atoms with Gasteiger partial charge in [0.2, 0.25) is 11.7 Å². The third-order valence-corrected chi connectivity index (χ3v) is 3.18. The van der Waals surface area contributed by atoms with Gasteiger partial charge in [0, 0.05) is 5.56 Å². The summed E-state index contributed by atoms with van der Waals surface area (Å²) in [5.74, 6) is -3.56. The van der Waals surface area contributed by atoms with Crippen molar-refractivity contribution in [3.05, 3.63) is 23.3 Å². The van der Waals surface area contributed by atoms with Crippen molar-refractivity contribution in [1.29, 1.82) is 0 Å². The maximum absolute atomic E-state index is 13.6. The number of hydrogen-bond donors (Lipinski definition) is 0. The number of ketones is 1. The number of nitrogens with zero attached hydrogens (tertiary/aromatic N) is 1. The topological polar surface area (TPSA) is 46.6 Å². The molecule has 2 heterocycles. The number of hydrogen-bond acceptors (Lipinski definition) is 3. The molecule has 1 aromatic rings. The summed E-state index contributed by atoms with van der Waals surface area (Å²) in [6.45, 7) is 1.80. The Balaban J connectivity index is 2.34. The number of ether oxygens (including phenoxy) is 1. The molecule has 0 aromatic heterocycles. The number of anilines is 1. The van der Waals surface area contributed by atoms with E-state index >= 15 is 0 Å². The minimum absolute atomic E-state index is 0.00931. The first kappa shape index (κ1) is 11.1. The second kappa shape index (κ2) is 3.51. The number of carbonyl (C=O) groups is 2. The van der Waals surface area contributed by atoms with Gasteiger partial charge in [0.25, 0.3) is 0 Å². The molecule has 2 aliphatic heterocycles. The van der Waals surface area contributed by atoms with Gasteiger partial charge in [-0.1, -0.05) is 0 Å². The van der Waals surface area contributed by atoms with Crippen LogP contribution in [0.5, 0.6) is 5.75 Å². The highest BCUT2D eigenvalue weighted by Crippen LogP contribution is 2.43. The van der Waals surface area contributed by atoms with Gasteiger partial charge in [-0.15, -0.1) is 0 Å². The van der Waals surface area contributed by atoms with Crippen LogP contribution in [-0.4, -0.2) is 24.3 Å². The first-order chi connectivity index (χ1) is 8.50. The van der Waals surface area contributed by atoms with E-state index in [0.29, 0.717) is 0 Å². The zero-order chi connectivity index (χ0) is 13.0. The van der Waals surface area contributed by atoms with Crippen molar-refractivity contribution in [2.75, 3.05) is 11.5 Å². The minimum Gasteiger partial charge on any atom is -0.486 e. The van der Waals surface area contributed by atoms with E-state index in [-0.39, 0.29) is 36.1 Å². The predicted molar refractivity (Wildman–Crippen MR) is 57.7 cm³/mol. The van der Waals surface area contributed by atoms with Gasteiger partial charge in [0.15, 0.2) is 17.3 Å². The van der Waals surface area contributed by atoms with Crippen LogP contribution in [0, 0.1) is 11.6 Å². The Morgan fingerprint density at radius 3 is 2.83 bits per heavy atom. The van der Waals surface area contributed by atoms with Crippen LogP contribution in [-0.2, 0) is 4.79 Å². The van der Waals surface area contributed by atoms with Gasteiger partial charge in [-0.2, -0.15) is 4.39 Å². The molecule has 0 radical (unpaired) electrons. The zero-order valence-corrected chi connectivity index (χ0v) is 9.50. The van der Waals surface area contributed by atoms with Crippen LogP contribution < -0.4 is 9.64 Å². The van der Waals surface area contributed by atoms with Crippen LogP contribution in [0.3, 0.4) is 0 Å². The summed E-state index contributed by atoms with van der Waals surface area (Å²) in [4.78, 5) is 24.9. The highest BCUT2D eigenvalue weighted by molar-refractivity contribution is 6.21. The first-order valence-electron chi connectivity index (χ1n) is 5.50. The van der Waals surface area contributed by atoms with Crippen molar-refractivity contribution in [2.45, 2.75) is 19.4 Å². The van der Waals surface area contributed by atoms with Gasteiger partial charge in [0.1, 0.15) is 12.3 Å². The second-order valence-corrected chi connectivity index (χ2v) is 4.42. The van der Waals surface area contributed by atoms with Gasteiger partial charge in [-0.05, 0) is 13.0 Å². The SMILES string of the molecule is C[C@H]1COc2c(F)c(F)cc3c2N1C(=O)CC3=O. The molecule has 4 nitrogen and oxygen atoms in total. The Bertz CT molecular complexity index is 585. The molecule has 0 bridgehead atoms. The fourth-order valence-electron chi connectivity index (χ4n) is 2.36. The highest BCUT2D eigenvalue weighted by Gasteiger charge is 2.40. The summed E-state index contributed by atoms with van der Waals surface area (Å²) < 4.78 is 32.1. The number of halogens is 2. The van der Waals surface area contributed by atoms with Crippen LogP contribution in [0.1, 0.15) is 23.7 Å². The van der Waals surface area contributed by atoms with Crippen LogP contribution in [0.4, 0.5) is 14.5 Å². The van der Waals surface area contributed by atoms with Crippen LogP contribution >= 0.6 is 0 Å².